The van der Waals surface area contributed by atoms with Crippen molar-refractivity contribution in [3.8, 4) is 55.9 Å². The Labute approximate surface area is 347 Å². The van der Waals surface area contributed by atoms with E-state index >= 15 is 0 Å². The minimum Gasteiger partial charge on any atom is -0.304 e. The maximum atomic E-state index is 4.96. The summed E-state index contributed by atoms with van der Waals surface area (Å²) in [6.07, 6.45) is 12.6. The Hall–Kier alpha value is -4.95. The van der Waals surface area contributed by atoms with E-state index in [1.165, 1.54) is 87.7 Å². The zero-order valence-corrected chi connectivity index (χ0v) is 35.4. The summed E-state index contributed by atoms with van der Waals surface area (Å²) in [6.45, 7) is 8.78. The molecule has 0 spiro atoms. The first-order valence-corrected chi connectivity index (χ1v) is 20.1. The SMILES string of the molecule is Cc1ccc(-c2[c-]cc(CCc3cc(C)cc(-c4ccccc4-c4c[c-]c(-c5cc(-c6ccc(C7CCCCC7)cc6)c(C(C)C)cn5)cc4)c3)cc2)nc1.[Ir]. The second kappa shape index (κ2) is 17.9. The van der Waals surface area contributed by atoms with Gasteiger partial charge in [0.15, 0.2) is 0 Å². The van der Waals surface area contributed by atoms with E-state index in [2.05, 4.69) is 172 Å². The molecule has 0 saturated heterocycles. The minimum atomic E-state index is 0. The smallest absolute Gasteiger partial charge is 0.0201 e. The van der Waals surface area contributed by atoms with Crippen molar-refractivity contribution in [3.05, 3.63) is 179 Å². The molecule has 7 aromatic rings. The molecule has 1 aliphatic carbocycles. The Bertz CT molecular complexity index is 2370. The topological polar surface area (TPSA) is 25.8 Å². The number of pyridine rings is 2. The third-order valence-corrected chi connectivity index (χ3v) is 11.4. The van der Waals surface area contributed by atoms with Crippen LogP contribution in [-0.2, 0) is 32.9 Å². The van der Waals surface area contributed by atoms with E-state index in [-0.39, 0.29) is 20.1 Å². The number of hydrogen-bond donors (Lipinski definition) is 0. The van der Waals surface area contributed by atoms with E-state index in [9.17, 15) is 0 Å². The zero-order chi connectivity index (χ0) is 37.7. The molecule has 2 nitrogen and oxygen atoms in total. The standard InChI is InChI=1S/C53H50N2.Ir/c1-36(2)51-35-55-53(33-50(51)44-23-21-42(22-24-44)41-10-6-5-7-11-41)46-27-25-43(26-28-46)48-12-8-9-13-49(48)47-31-38(4)30-40(32-47)16-15-39-17-19-45(20-18-39)52-29-14-37(3)34-54-52;/h8-9,12-14,17-19,21-27,29-36,41H,5-7,10-11,15-16H2,1-4H3;/q-2;. The van der Waals surface area contributed by atoms with E-state index in [0.29, 0.717) is 11.8 Å². The molecule has 283 valence electrons. The van der Waals surface area contributed by atoms with E-state index in [1.54, 1.807) is 0 Å². The van der Waals surface area contributed by atoms with Crippen LogP contribution in [0.3, 0.4) is 0 Å². The van der Waals surface area contributed by atoms with Gasteiger partial charge in [-0.2, -0.15) is 0 Å². The zero-order valence-electron chi connectivity index (χ0n) is 33.0. The van der Waals surface area contributed by atoms with Crippen molar-refractivity contribution in [2.75, 3.05) is 0 Å². The molecule has 1 saturated carbocycles. The molecular formula is C53H50IrN2-2. The third-order valence-electron chi connectivity index (χ3n) is 11.4. The van der Waals surface area contributed by atoms with Crippen LogP contribution in [0.5, 0.6) is 0 Å². The Kier molecular flexibility index (Phi) is 12.5. The van der Waals surface area contributed by atoms with Crippen LogP contribution in [0.1, 0.15) is 91.2 Å². The molecule has 1 fully saturated rings. The molecule has 3 heteroatoms. The normalized spacial score (nSPS) is 13.1. The summed E-state index contributed by atoms with van der Waals surface area (Å²) in [5, 5.41) is 0. The van der Waals surface area contributed by atoms with Gasteiger partial charge in [-0.3, -0.25) is 0 Å². The summed E-state index contributed by atoms with van der Waals surface area (Å²) >= 11 is 0. The molecule has 2 heterocycles. The van der Waals surface area contributed by atoms with Gasteiger partial charge in [0, 0.05) is 32.5 Å². The van der Waals surface area contributed by atoms with Crippen LogP contribution < -0.4 is 0 Å². The van der Waals surface area contributed by atoms with Crippen LogP contribution in [0.2, 0.25) is 0 Å². The molecule has 0 bridgehead atoms. The fraction of sp³-hybridized carbons (Fsp3) is 0.245. The summed E-state index contributed by atoms with van der Waals surface area (Å²) in [5.41, 5.74) is 19.2. The number of aromatic nitrogens is 2. The number of aryl methyl sites for hydroxylation is 4. The molecule has 8 rings (SSSR count). The summed E-state index contributed by atoms with van der Waals surface area (Å²) < 4.78 is 0. The summed E-state index contributed by atoms with van der Waals surface area (Å²) in [5.74, 6) is 1.09. The van der Waals surface area contributed by atoms with Crippen LogP contribution in [0.25, 0.3) is 55.9 Å². The van der Waals surface area contributed by atoms with Crippen LogP contribution >= 0.6 is 0 Å². The van der Waals surface area contributed by atoms with Crippen molar-refractivity contribution in [2.24, 2.45) is 0 Å². The molecule has 0 amide bonds. The van der Waals surface area contributed by atoms with Gasteiger partial charge in [-0.05, 0) is 101 Å². The van der Waals surface area contributed by atoms with Crippen LogP contribution in [-0.4, -0.2) is 9.97 Å². The fourth-order valence-corrected chi connectivity index (χ4v) is 8.28. The molecule has 0 unspecified atom stereocenters. The van der Waals surface area contributed by atoms with Gasteiger partial charge < -0.3 is 9.97 Å². The van der Waals surface area contributed by atoms with Crippen LogP contribution in [0.4, 0.5) is 0 Å². The predicted molar refractivity (Wildman–Crippen MR) is 230 cm³/mol. The van der Waals surface area contributed by atoms with Gasteiger partial charge in [0.05, 0.1) is 0 Å². The fourth-order valence-electron chi connectivity index (χ4n) is 8.28. The van der Waals surface area contributed by atoms with Crippen molar-refractivity contribution < 1.29 is 20.1 Å². The van der Waals surface area contributed by atoms with Crippen LogP contribution in [0.15, 0.2) is 134 Å². The number of hydrogen-bond acceptors (Lipinski definition) is 2. The quantitative estimate of drug-likeness (QED) is 0.128. The Morgan fingerprint density at radius 2 is 1.25 bits per heavy atom. The first-order valence-electron chi connectivity index (χ1n) is 20.1. The first kappa shape index (κ1) is 39.3. The molecule has 1 aliphatic rings. The molecule has 0 aliphatic heterocycles. The van der Waals surface area contributed by atoms with E-state index in [1.807, 2.05) is 6.20 Å². The Balaban J connectivity index is 0.00000480. The van der Waals surface area contributed by atoms with Gasteiger partial charge in [-0.15, -0.1) is 65.2 Å². The van der Waals surface area contributed by atoms with Gasteiger partial charge in [0.1, 0.15) is 0 Å². The molecule has 0 atom stereocenters. The second-order valence-corrected chi connectivity index (χ2v) is 15.8. The molecule has 5 aromatic carbocycles. The monoisotopic (exact) mass is 907 g/mol. The van der Waals surface area contributed by atoms with E-state index in [4.69, 9.17) is 4.98 Å². The van der Waals surface area contributed by atoms with Gasteiger partial charge >= 0.3 is 0 Å². The van der Waals surface area contributed by atoms with Gasteiger partial charge in [-0.25, -0.2) is 0 Å². The number of rotatable bonds is 10. The largest absolute Gasteiger partial charge is 0.304 e. The van der Waals surface area contributed by atoms with E-state index in [0.717, 1.165) is 46.5 Å². The van der Waals surface area contributed by atoms with Crippen LogP contribution in [0, 0.1) is 26.0 Å². The summed E-state index contributed by atoms with van der Waals surface area (Å²) in [7, 11) is 0. The summed E-state index contributed by atoms with van der Waals surface area (Å²) in [4.78, 5) is 9.52. The first-order chi connectivity index (χ1) is 26.9. The maximum absolute atomic E-state index is 4.96. The molecular weight excluding hydrogens is 857 g/mol. The molecule has 56 heavy (non-hydrogen) atoms. The van der Waals surface area contributed by atoms with Gasteiger partial charge in [0.25, 0.3) is 0 Å². The average molecular weight is 907 g/mol. The van der Waals surface area contributed by atoms with E-state index < -0.39 is 0 Å². The second-order valence-electron chi connectivity index (χ2n) is 15.8. The average Bonchev–Trinajstić information content (AvgIpc) is 3.23. The molecule has 0 N–H and O–H groups in total. The third kappa shape index (κ3) is 9.02. The molecule has 2 aromatic heterocycles. The maximum Gasteiger partial charge on any atom is 0.0201 e. The van der Waals surface area contributed by atoms with Gasteiger partial charge in [-0.1, -0.05) is 141 Å². The Morgan fingerprint density at radius 1 is 0.571 bits per heavy atom. The number of benzene rings is 5. The molecule has 1 radical (unpaired) electrons. The van der Waals surface area contributed by atoms with Crippen molar-refractivity contribution >= 4 is 0 Å². The van der Waals surface area contributed by atoms with Crippen molar-refractivity contribution in [1.29, 1.82) is 0 Å². The number of nitrogens with zero attached hydrogens (tertiary/aromatic N) is 2. The van der Waals surface area contributed by atoms with Crippen molar-refractivity contribution in [1.82, 2.24) is 9.97 Å². The van der Waals surface area contributed by atoms with Gasteiger partial charge in [0.2, 0.25) is 0 Å². The van der Waals surface area contributed by atoms with Crippen molar-refractivity contribution in [3.63, 3.8) is 0 Å². The van der Waals surface area contributed by atoms with Crippen molar-refractivity contribution in [2.45, 2.75) is 84.5 Å². The predicted octanol–water partition coefficient (Wildman–Crippen LogP) is 14.0. The minimum absolute atomic E-state index is 0. The Morgan fingerprint density at radius 3 is 1.93 bits per heavy atom. The summed E-state index contributed by atoms with van der Waals surface area (Å²) in [6, 6.07) is 51.6.